The van der Waals surface area contributed by atoms with Crippen LogP contribution in [0, 0.1) is 13.8 Å². The number of rotatable bonds is 7. The Morgan fingerprint density at radius 3 is 1.47 bits per heavy atom. The fraction of sp³-hybridized carbons (Fsp3) is 0.625. The quantitative estimate of drug-likeness (QED) is 0.418. The monoisotopic (exact) mass is 517 g/mol. The number of likely N-dealkylation sites (N-methyl/N-ethyl adjacent to an activating group) is 1. The van der Waals surface area contributed by atoms with Crippen molar-refractivity contribution in [3.63, 3.8) is 0 Å². The van der Waals surface area contributed by atoms with Crippen LogP contribution >= 0.6 is 0 Å². The lowest BCUT2D eigenvalue weighted by molar-refractivity contribution is -0.0277. The van der Waals surface area contributed by atoms with Gasteiger partial charge in [-0.15, -0.1) is 0 Å². The average molecular weight is 517 g/mol. The van der Waals surface area contributed by atoms with E-state index in [0.717, 1.165) is 11.1 Å². The first-order valence-corrected chi connectivity index (χ1v) is 11.4. The van der Waals surface area contributed by atoms with E-state index in [-0.39, 0.29) is 11.1 Å². The summed E-state index contributed by atoms with van der Waals surface area (Å²) in [5.41, 5.74) is -0.327. The molecule has 0 aromatic heterocycles. The van der Waals surface area contributed by atoms with Crippen LogP contribution in [0.4, 0.5) is 0 Å². The predicted molar refractivity (Wildman–Crippen MR) is 152 cm³/mol. The smallest absolute Gasteiger partial charge is 0.0728 e. The third-order valence-corrected chi connectivity index (χ3v) is 5.58. The Labute approximate surface area is 250 Å². The molecule has 2 unspecified atom stereocenters. The fourth-order valence-corrected chi connectivity index (χ4v) is 3.63. The SMILES string of the molecule is [2H]C(CN(C)C)(c1ccc(C)cc1)C1(O)C([2H])([2H])C([2H])([2H])C([2H])([2H])C([2H])([2H])C1([2H])[2H].[2H]C(CN)(c1ccc(C)cc1)C1(O)C([2H])([2H])C([2H])([2H])C([2H])([2H])C([2H])([2H])C1([2H])[2H]. The van der Waals surface area contributed by atoms with Crippen LogP contribution in [-0.4, -0.2) is 53.5 Å². The van der Waals surface area contributed by atoms with Gasteiger partial charge < -0.3 is 20.8 Å². The summed E-state index contributed by atoms with van der Waals surface area (Å²) in [6.07, 6.45) is -36.9. The van der Waals surface area contributed by atoms with Crippen LogP contribution in [-0.2, 0) is 0 Å². The van der Waals surface area contributed by atoms with E-state index in [4.69, 9.17) is 35.9 Å². The maximum Gasteiger partial charge on any atom is 0.0728 e. The van der Waals surface area contributed by atoms with Crippen molar-refractivity contribution in [1.29, 1.82) is 0 Å². The molecule has 0 aliphatic heterocycles. The molecule has 2 atom stereocenters. The zero-order valence-electron chi connectivity index (χ0n) is 43.0. The molecule has 2 aromatic rings. The molecule has 2 aliphatic carbocycles. The molecule has 2 fully saturated rings. The predicted octanol–water partition coefficient (Wildman–Crippen LogP) is 6.07. The highest BCUT2D eigenvalue weighted by Gasteiger charge is 2.39. The second-order valence-corrected chi connectivity index (χ2v) is 8.80. The van der Waals surface area contributed by atoms with Gasteiger partial charge in [-0.05, 0) is 64.6 Å². The van der Waals surface area contributed by atoms with E-state index in [1.165, 1.54) is 55.4 Å². The molecule has 2 saturated carbocycles. The zero-order chi connectivity index (χ0) is 46.0. The fourth-order valence-electron chi connectivity index (χ4n) is 3.63. The summed E-state index contributed by atoms with van der Waals surface area (Å²) < 4.78 is 181. The molecule has 0 heterocycles. The summed E-state index contributed by atoms with van der Waals surface area (Å²) >= 11 is 0. The van der Waals surface area contributed by atoms with E-state index in [2.05, 4.69) is 0 Å². The van der Waals surface area contributed by atoms with Gasteiger partial charge in [0.2, 0.25) is 0 Å². The van der Waals surface area contributed by atoms with Crippen LogP contribution in [0.1, 0.15) is 128 Å². The van der Waals surface area contributed by atoms with Crippen LogP contribution < -0.4 is 5.73 Å². The van der Waals surface area contributed by atoms with E-state index >= 15 is 0 Å². The van der Waals surface area contributed by atoms with E-state index < -0.39 is 99.8 Å². The summed E-state index contributed by atoms with van der Waals surface area (Å²) in [7, 11) is 2.99. The van der Waals surface area contributed by atoms with Gasteiger partial charge in [-0.3, -0.25) is 0 Å². The van der Waals surface area contributed by atoms with Crippen LogP contribution in [0.15, 0.2) is 48.5 Å². The van der Waals surface area contributed by atoms with Crippen LogP contribution in [0.5, 0.6) is 0 Å². The van der Waals surface area contributed by atoms with E-state index in [9.17, 15) is 10.2 Å². The van der Waals surface area contributed by atoms with Gasteiger partial charge in [0.05, 0.1) is 11.2 Å². The molecule has 0 spiro atoms. The molecule has 0 amide bonds. The molecule has 2 aromatic carbocycles. The lowest BCUT2D eigenvalue weighted by Crippen LogP contribution is -2.42. The number of benzene rings is 2. The lowest BCUT2D eigenvalue weighted by Gasteiger charge is -2.40. The minimum Gasteiger partial charge on any atom is -0.389 e. The number of nitrogens with zero attached hydrogens (tertiary/aromatic N) is 1. The number of aliphatic hydroxyl groups is 2. The van der Waals surface area contributed by atoms with Crippen molar-refractivity contribution in [3.8, 4) is 0 Å². The van der Waals surface area contributed by atoms with Gasteiger partial charge in [-0.1, -0.05) is 97.9 Å². The Bertz CT molecular complexity index is 1770. The Morgan fingerprint density at radius 2 is 1.11 bits per heavy atom. The minimum absolute atomic E-state index is 0.0499. The Balaban J connectivity index is 0.000000311. The molecule has 200 valence electrons. The topological polar surface area (TPSA) is 69.7 Å². The number of nitrogens with two attached hydrogens (primary N) is 1. The Kier molecular flexibility index (Phi) is 4.09. The van der Waals surface area contributed by atoms with Crippen LogP contribution in [0.2, 0.25) is 0 Å². The van der Waals surface area contributed by atoms with Crippen molar-refractivity contribution in [2.75, 3.05) is 27.2 Å². The van der Waals surface area contributed by atoms with E-state index in [1.807, 2.05) is 0 Å². The summed E-state index contributed by atoms with van der Waals surface area (Å²) in [6.45, 7) is 2.11. The molecular formula is C32H50N2O2. The first-order valence-electron chi connectivity index (χ1n) is 22.4. The largest absolute Gasteiger partial charge is 0.389 e. The molecule has 0 bridgehead atoms. The summed E-state index contributed by atoms with van der Waals surface area (Å²) in [4.78, 5) is 1.38. The lowest BCUT2D eigenvalue weighted by atomic mass is 9.72. The third kappa shape index (κ3) is 7.64. The molecule has 4 N–H and O–H groups in total. The first kappa shape index (κ1) is 11.2. The molecule has 2 aliphatic rings. The van der Waals surface area contributed by atoms with Gasteiger partial charge in [-0.25, -0.2) is 0 Å². The standard InChI is InChI=1S/C17H27NO.C15H23NO/c1-14-7-9-15(10-8-14)16(13-18(2)3)17(19)11-5-4-6-12-17;1-12-5-7-13(8-6-12)14(11-16)15(17)9-3-2-4-10-15/h7-10,16,19H,4-6,11-13H2,1-3H3;5-8,14,17H,2-4,9-11,16H2,1H3/i4D2,5D2,6D2,11D2,12D2,16D;2D2,3D2,4D2,9D2,10D2,14D. The molecular weight excluding hydrogens is 444 g/mol. The van der Waals surface area contributed by atoms with Crippen LogP contribution in [0.25, 0.3) is 0 Å². The second-order valence-electron chi connectivity index (χ2n) is 8.80. The van der Waals surface area contributed by atoms with Gasteiger partial charge in [0, 0.05) is 55.0 Å². The van der Waals surface area contributed by atoms with Crippen molar-refractivity contribution in [2.45, 2.75) is 101 Å². The van der Waals surface area contributed by atoms with Crippen molar-refractivity contribution in [1.82, 2.24) is 4.90 Å². The van der Waals surface area contributed by atoms with Crippen molar-refractivity contribution >= 4 is 0 Å². The van der Waals surface area contributed by atoms with Crippen molar-refractivity contribution in [2.24, 2.45) is 5.73 Å². The van der Waals surface area contributed by atoms with Gasteiger partial charge in [0.1, 0.15) is 0 Å². The van der Waals surface area contributed by atoms with Gasteiger partial charge in [-0.2, -0.15) is 0 Å². The maximum absolute atomic E-state index is 11.7. The minimum atomic E-state index is -3.73. The molecule has 36 heavy (non-hydrogen) atoms. The highest BCUT2D eigenvalue weighted by Crippen LogP contribution is 2.41. The second kappa shape index (κ2) is 13.2. The molecule has 4 rings (SSSR count). The molecule has 0 radical (unpaired) electrons. The number of hydrogen-bond acceptors (Lipinski definition) is 4. The third-order valence-electron chi connectivity index (χ3n) is 5.58. The first-order chi connectivity index (χ1) is 25.5. The van der Waals surface area contributed by atoms with E-state index in [0.29, 0.717) is 0 Å². The van der Waals surface area contributed by atoms with Gasteiger partial charge in [0.25, 0.3) is 0 Å². The molecule has 4 nitrogen and oxygen atoms in total. The summed E-state index contributed by atoms with van der Waals surface area (Å²) in [5, 5.41) is 23.1. The molecule has 0 saturated heterocycles. The van der Waals surface area contributed by atoms with Crippen LogP contribution in [0.3, 0.4) is 0 Å². The van der Waals surface area contributed by atoms with Crippen molar-refractivity contribution < 1.29 is 40.4 Å². The highest BCUT2D eigenvalue weighted by molar-refractivity contribution is 5.28. The molecule has 4 heteroatoms. The number of aryl methyl sites for hydroxylation is 2. The maximum atomic E-state index is 11.7. The normalized spacial score (nSPS) is 45.6. The Morgan fingerprint density at radius 1 is 0.750 bits per heavy atom. The van der Waals surface area contributed by atoms with Gasteiger partial charge >= 0.3 is 0 Å². The average Bonchev–Trinajstić information content (AvgIpc) is 3.09. The highest BCUT2D eigenvalue weighted by atomic mass is 16.3. The summed E-state index contributed by atoms with van der Waals surface area (Å²) in [5.74, 6) is -5.33. The van der Waals surface area contributed by atoms with E-state index in [1.54, 1.807) is 26.0 Å². The Hall–Kier alpha value is -1.72. The zero-order valence-corrected chi connectivity index (χ0v) is 21.0. The van der Waals surface area contributed by atoms with Gasteiger partial charge in [0.15, 0.2) is 0 Å². The summed E-state index contributed by atoms with van der Waals surface area (Å²) in [6, 6.07) is 11.5. The number of hydrogen-bond donors (Lipinski definition) is 3. The van der Waals surface area contributed by atoms with Crippen molar-refractivity contribution in [3.05, 3.63) is 70.8 Å².